The molecule has 0 aliphatic rings. The van der Waals surface area contributed by atoms with Gasteiger partial charge in [-0.05, 0) is 12.1 Å². The van der Waals surface area contributed by atoms with Crippen molar-refractivity contribution in [3.8, 4) is 11.3 Å². The van der Waals surface area contributed by atoms with E-state index in [2.05, 4.69) is 20.2 Å². The minimum Gasteiger partial charge on any atom is -0.273 e. The third kappa shape index (κ3) is 1.85. The minimum absolute atomic E-state index is 0.326. The Bertz CT molecular complexity index is 676. The molecule has 3 rings (SSSR count). The van der Waals surface area contributed by atoms with E-state index in [1.807, 2.05) is 24.3 Å². The highest BCUT2D eigenvalue weighted by Gasteiger charge is 2.10. The van der Waals surface area contributed by atoms with Crippen molar-refractivity contribution < 1.29 is 0 Å². The van der Waals surface area contributed by atoms with E-state index in [0.717, 1.165) is 11.3 Å². The molecule has 4 nitrogen and oxygen atoms in total. The summed E-state index contributed by atoms with van der Waals surface area (Å²) in [6.45, 7) is 0. The van der Waals surface area contributed by atoms with E-state index in [1.165, 1.54) is 6.20 Å². The molecule has 84 valence electrons. The zero-order chi connectivity index (χ0) is 11.8. The molecule has 0 radical (unpaired) electrons. The number of nitrogens with zero attached hydrogens (tertiary/aromatic N) is 3. The van der Waals surface area contributed by atoms with Crippen molar-refractivity contribution in [1.29, 1.82) is 0 Å². The molecule has 0 saturated carbocycles. The van der Waals surface area contributed by atoms with Crippen LogP contribution in [-0.2, 0) is 0 Å². The van der Waals surface area contributed by atoms with Gasteiger partial charge in [0.05, 0.1) is 11.9 Å². The molecule has 0 amide bonds. The van der Waals surface area contributed by atoms with Gasteiger partial charge in [-0.1, -0.05) is 35.3 Å². The summed E-state index contributed by atoms with van der Waals surface area (Å²) >= 11 is 11.6. The van der Waals surface area contributed by atoms with E-state index in [9.17, 15) is 0 Å². The average Bonchev–Trinajstić information content (AvgIpc) is 2.73. The molecule has 0 bridgehead atoms. The number of fused-ring (bicyclic) bond motifs is 1. The van der Waals surface area contributed by atoms with Gasteiger partial charge in [-0.3, -0.25) is 5.10 Å². The summed E-state index contributed by atoms with van der Waals surface area (Å²) in [4.78, 5) is 8.29. The minimum atomic E-state index is 0.326. The standard InChI is InChI=1S/C11H6Cl2N4/c12-7-3-1-6(2-4-7)9-10-11(17-16-9)15-8(13)5-14-10/h1-5H,(H,15,16,17). The molecule has 0 saturated heterocycles. The molecule has 0 aliphatic heterocycles. The molecular formula is C11H6Cl2N4. The third-order valence-electron chi connectivity index (χ3n) is 2.37. The fraction of sp³-hybridized carbons (Fsp3) is 0. The largest absolute Gasteiger partial charge is 0.273 e. The molecule has 2 aromatic heterocycles. The lowest BCUT2D eigenvalue weighted by Crippen LogP contribution is -1.83. The monoisotopic (exact) mass is 264 g/mol. The quantitative estimate of drug-likeness (QED) is 0.734. The van der Waals surface area contributed by atoms with Gasteiger partial charge in [0.15, 0.2) is 0 Å². The second-order valence-electron chi connectivity index (χ2n) is 3.47. The van der Waals surface area contributed by atoms with Crippen molar-refractivity contribution in [3.63, 3.8) is 0 Å². The molecule has 17 heavy (non-hydrogen) atoms. The number of aromatic amines is 1. The van der Waals surface area contributed by atoms with Gasteiger partial charge in [0.2, 0.25) is 5.65 Å². The fourth-order valence-corrected chi connectivity index (χ4v) is 1.85. The SMILES string of the molecule is Clc1ccc(-c2[nH]nc3nc(Cl)cnc23)cc1. The van der Waals surface area contributed by atoms with Gasteiger partial charge >= 0.3 is 0 Å². The van der Waals surface area contributed by atoms with Crippen molar-refractivity contribution in [2.45, 2.75) is 0 Å². The first-order chi connectivity index (χ1) is 8.24. The van der Waals surface area contributed by atoms with Crippen molar-refractivity contribution in [1.82, 2.24) is 20.2 Å². The maximum Gasteiger partial charge on any atom is 0.201 e. The number of rotatable bonds is 1. The van der Waals surface area contributed by atoms with Crippen LogP contribution in [0.5, 0.6) is 0 Å². The van der Waals surface area contributed by atoms with Gasteiger partial charge in [-0.15, -0.1) is 0 Å². The first-order valence-corrected chi connectivity index (χ1v) is 5.62. The second-order valence-corrected chi connectivity index (χ2v) is 4.29. The predicted octanol–water partition coefficient (Wildman–Crippen LogP) is 3.33. The van der Waals surface area contributed by atoms with Crippen LogP contribution >= 0.6 is 23.2 Å². The Balaban J connectivity index is 2.21. The van der Waals surface area contributed by atoms with Crippen LogP contribution in [0.2, 0.25) is 10.2 Å². The molecule has 2 heterocycles. The van der Waals surface area contributed by atoms with Crippen LogP contribution in [0.1, 0.15) is 0 Å². The summed E-state index contributed by atoms with van der Waals surface area (Å²) in [6.07, 6.45) is 1.50. The van der Waals surface area contributed by atoms with Crippen molar-refractivity contribution >= 4 is 34.4 Å². The summed E-state index contributed by atoms with van der Waals surface area (Å²) in [5.41, 5.74) is 2.95. The molecule has 3 aromatic rings. The maximum absolute atomic E-state index is 5.84. The molecule has 0 fully saturated rings. The summed E-state index contributed by atoms with van der Waals surface area (Å²) in [7, 11) is 0. The molecule has 0 atom stereocenters. The van der Waals surface area contributed by atoms with Gasteiger partial charge in [0, 0.05) is 10.6 Å². The van der Waals surface area contributed by atoms with E-state index >= 15 is 0 Å². The number of aromatic nitrogens is 4. The lowest BCUT2D eigenvalue weighted by molar-refractivity contribution is 1.10. The Morgan fingerprint density at radius 3 is 2.59 bits per heavy atom. The molecule has 0 aliphatic carbocycles. The number of H-pyrrole nitrogens is 1. The Kier molecular flexibility index (Phi) is 2.46. The number of hydrogen-bond donors (Lipinski definition) is 1. The van der Waals surface area contributed by atoms with E-state index in [1.54, 1.807) is 0 Å². The number of halogens is 2. The number of nitrogens with one attached hydrogen (secondary N) is 1. The average molecular weight is 265 g/mol. The number of benzene rings is 1. The van der Waals surface area contributed by atoms with E-state index in [-0.39, 0.29) is 0 Å². The van der Waals surface area contributed by atoms with Crippen LogP contribution in [0.15, 0.2) is 30.5 Å². The summed E-state index contributed by atoms with van der Waals surface area (Å²) in [6, 6.07) is 7.41. The van der Waals surface area contributed by atoms with Crippen LogP contribution in [0, 0.1) is 0 Å². The van der Waals surface area contributed by atoms with Gasteiger partial charge in [-0.2, -0.15) is 5.10 Å². The molecule has 1 aromatic carbocycles. The predicted molar refractivity (Wildman–Crippen MR) is 67.1 cm³/mol. The maximum atomic E-state index is 5.84. The van der Waals surface area contributed by atoms with Crippen LogP contribution in [0.3, 0.4) is 0 Å². The topological polar surface area (TPSA) is 54.5 Å². The van der Waals surface area contributed by atoms with Crippen molar-refractivity contribution in [2.24, 2.45) is 0 Å². The second kappa shape index (κ2) is 3.98. The zero-order valence-corrected chi connectivity index (χ0v) is 10.00. The summed E-state index contributed by atoms with van der Waals surface area (Å²) in [5, 5.41) is 7.97. The van der Waals surface area contributed by atoms with Gasteiger partial charge in [0.25, 0.3) is 0 Å². The highest BCUT2D eigenvalue weighted by atomic mass is 35.5. The molecular weight excluding hydrogens is 259 g/mol. The lowest BCUT2D eigenvalue weighted by atomic mass is 10.1. The van der Waals surface area contributed by atoms with Gasteiger partial charge in [-0.25, -0.2) is 9.97 Å². The van der Waals surface area contributed by atoms with Gasteiger partial charge < -0.3 is 0 Å². The van der Waals surface area contributed by atoms with E-state index in [0.29, 0.717) is 21.3 Å². The van der Waals surface area contributed by atoms with Crippen LogP contribution in [-0.4, -0.2) is 20.2 Å². The molecule has 0 unspecified atom stereocenters. The smallest absolute Gasteiger partial charge is 0.201 e. The number of hydrogen-bond acceptors (Lipinski definition) is 3. The van der Waals surface area contributed by atoms with E-state index in [4.69, 9.17) is 23.2 Å². The Hall–Kier alpha value is -1.65. The first-order valence-electron chi connectivity index (χ1n) is 4.86. The first kappa shape index (κ1) is 10.5. The van der Waals surface area contributed by atoms with Gasteiger partial charge in [0.1, 0.15) is 10.7 Å². The summed E-state index contributed by atoms with van der Waals surface area (Å²) < 4.78 is 0. The highest BCUT2D eigenvalue weighted by molar-refractivity contribution is 6.30. The highest BCUT2D eigenvalue weighted by Crippen LogP contribution is 2.25. The lowest BCUT2D eigenvalue weighted by Gasteiger charge is -1.98. The molecule has 6 heteroatoms. The van der Waals surface area contributed by atoms with Crippen LogP contribution < -0.4 is 0 Å². The van der Waals surface area contributed by atoms with Crippen molar-refractivity contribution in [3.05, 3.63) is 40.6 Å². The third-order valence-corrected chi connectivity index (χ3v) is 2.80. The van der Waals surface area contributed by atoms with E-state index < -0.39 is 0 Å². The van der Waals surface area contributed by atoms with Crippen LogP contribution in [0.25, 0.3) is 22.4 Å². The van der Waals surface area contributed by atoms with Crippen molar-refractivity contribution in [2.75, 3.05) is 0 Å². The normalized spacial score (nSPS) is 10.9. The Labute approximate surface area is 107 Å². The molecule has 0 spiro atoms. The zero-order valence-electron chi connectivity index (χ0n) is 8.48. The Morgan fingerprint density at radius 1 is 1.06 bits per heavy atom. The van der Waals surface area contributed by atoms with Crippen LogP contribution in [0.4, 0.5) is 0 Å². The Morgan fingerprint density at radius 2 is 1.82 bits per heavy atom. The fourth-order valence-electron chi connectivity index (χ4n) is 1.59. The summed E-state index contributed by atoms with van der Waals surface area (Å²) in [5.74, 6) is 0. The molecule has 1 N–H and O–H groups in total.